The summed E-state index contributed by atoms with van der Waals surface area (Å²) in [5, 5.41) is 2.90. The number of anilines is 1. The summed E-state index contributed by atoms with van der Waals surface area (Å²) in [7, 11) is 2.06. The Labute approximate surface area is 117 Å². The van der Waals surface area contributed by atoms with Crippen LogP contribution in [0.4, 0.5) is 19.0 Å². The third-order valence-electron chi connectivity index (χ3n) is 3.99. The van der Waals surface area contributed by atoms with Gasteiger partial charge in [-0.05, 0) is 50.5 Å². The van der Waals surface area contributed by atoms with E-state index in [0.29, 0.717) is 6.54 Å². The van der Waals surface area contributed by atoms with Crippen molar-refractivity contribution in [1.29, 1.82) is 0 Å². The Hall–Kier alpha value is -1.30. The SMILES string of the molecule is CN1CCC(C)(CNc2ncccc2C(F)(F)F)CC1. The second-order valence-electron chi connectivity index (χ2n) is 5.86. The molecule has 0 spiro atoms. The number of rotatable bonds is 3. The van der Waals surface area contributed by atoms with Crippen molar-refractivity contribution in [3.05, 3.63) is 23.9 Å². The Balaban J connectivity index is 2.04. The fourth-order valence-corrected chi connectivity index (χ4v) is 2.41. The molecular weight excluding hydrogens is 267 g/mol. The van der Waals surface area contributed by atoms with Gasteiger partial charge in [-0.1, -0.05) is 6.92 Å². The zero-order valence-electron chi connectivity index (χ0n) is 11.8. The maximum Gasteiger partial charge on any atom is 0.419 e. The van der Waals surface area contributed by atoms with Gasteiger partial charge in [0.15, 0.2) is 0 Å². The Morgan fingerprint density at radius 1 is 1.35 bits per heavy atom. The minimum atomic E-state index is -4.37. The van der Waals surface area contributed by atoms with Crippen molar-refractivity contribution in [3.8, 4) is 0 Å². The number of nitrogens with one attached hydrogen (secondary N) is 1. The van der Waals surface area contributed by atoms with Crippen molar-refractivity contribution in [2.24, 2.45) is 5.41 Å². The molecule has 2 heterocycles. The molecule has 0 saturated carbocycles. The normalized spacial score (nSPS) is 19.9. The summed E-state index contributed by atoms with van der Waals surface area (Å²) in [6, 6.07) is 2.37. The molecule has 0 bridgehead atoms. The van der Waals surface area contributed by atoms with Crippen LogP contribution in [0.3, 0.4) is 0 Å². The van der Waals surface area contributed by atoms with Crippen LogP contribution in [0.15, 0.2) is 18.3 Å². The van der Waals surface area contributed by atoms with Crippen LogP contribution in [0, 0.1) is 5.41 Å². The molecular formula is C14H20F3N3. The van der Waals surface area contributed by atoms with Gasteiger partial charge in [-0.2, -0.15) is 13.2 Å². The standard InChI is InChI=1S/C14H20F3N3/c1-13(5-8-20(2)9-6-13)10-19-12-11(14(15,16)17)4-3-7-18-12/h3-4,7H,5-6,8-10H2,1-2H3,(H,18,19). The number of aromatic nitrogens is 1. The van der Waals surface area contributed by atoms with Crippen molar-refractivity contribution in [1.82, 2.24) is 9.88 Å². The molecule has 1 aliphatic rings. The number of likely N-dealkylation sites (tertiary alicyclic amines) is 1. The van der Waals surface area contributed by atoms with Crippen molar-refractivity contribution < 1.29 is 13.2 Å². The van der Waals surface area contributed by atoms with E-state index in [2.05, 4.69) is 29.2 Å². The highest BCUT2D eigenvalue weighted by Crippen LogP contribution is 2.35. The summed E-state index contributed by atoms with van der Waals surface area (Å²) in [6.45, 7) is 4.59. The zero-order chi connectivity index (χ0) is 14.8. The smallest absolute Gasteiger partial charge is 0.369 e. The average molecular weight is 287 g/mol. The Morgan fingerprint density at radius 2 is 2.00 bits per heavy atom. The molecule has 0 unspecified atom stereocenters. The predicted molar refractivity (Wildman–Crippen MR) is 72.6 cm³/mol. The first-order chi connectivity index (χ1) is 9.30. The summed E-state index contributed by atoms with van der Waals surface area (Å²) in [4.78, 5) is 6.07. The van der Waals surface area contributed by atoms with Crippen molar-refractivity contribution in [2.45, 2.75) is 25.9 Å². The van der Waals surface area contributed by atoms with Gasteiger partial charge >= 0.3 is 6.18 Å². The van der Waals surface area contributed by atoms with Gasteiger partial charge in [0.05, 0.1) is 5.56 Å². The molecule has 2 rings (SSSR count). The lowest BCUT2D eigenvalue weighted by molar-refractivity contribution is -0.137. The van der Waals surface area contributed by atoms with Gasteiger partial charge in [0, 0.05) is 12.7 Å². The van der Waals surface area contributed by atoms with Gasteiger partial charge in [-0.25, -0.2) is 4.98 Å². The fourth-order valence-electron chi connectivity index (χ4n) is 2.41. The van der Waals surface area contributed by atoms with Crippen LogP contribution >= 0.6 is 0 Å². The highest BCUT2D eigenvalue weighted by atomic mass is 19.4. The van der Waals surface area contributed by atoms with E-state index >= 15 is 0 Å². The fraction of sp³-hybridized carbons (Fsp3) is 0.643. The van der Waals surface area contributed by atoms with Crippen LogP contribution in [0.5, 0.6) is 0 Å². The van der Waals surface area contributed by atoms with E-state index < -0.39 is 11.7 Å². The number of hydrogen-bond donors (Lipinski definition) is 1. The molecule has 1 aromatic heterocycles. The molecule has 0 amide bonds. The molecule has 1 aliphatic heterocycles. The molecule has 6 heteroatoms. The van der Waals surface area contributed by atoms with Crippen LogP contribution in [0.1, 0.15) is 25.3 Å². The number of nitrogens with zero attached hydrogens (tertiary/aromatic N) is 2. The van der Waals surface area contributed by atoms with E-state index in [9.17, 15) is 13.2 Å². The second-order valence-corrected chi connectivity index (χ2v) is 5.86. The van der Waals surface area contributed by atoms with Crippen molar-refractivity contribution in [3.63, 3.8) is 0 Å². The minimum absolute atomic E-state index is 0.0207. The molecule has 0 aromatic carbocycles. The van der Waals surface area contributed by atoms with Gasteiger partial charge in [0.1, 0.15) is 5.82 Å². The lowest BCUT2D eigenvalue weighted by Crippen LogP contribution is -2.40. The largest absolute Gasteiger partial charge is 0.419 e. The number of hydrogen-bond acceptors (Lipinski definition) is 3. The van der Waals surface area contributed by atoms with E-state index in [1.54, 1.807) is 0 Å². The minimum Gasteiger partial charge on any atom is -0.369 e. The molecule has 20 heavy (non-hydrogen) atoms. The van der Waals surface area contributed by atoms with Gasteiger partial charge in [0.2, 0.25) is 0 Å². The summed E-state index contributed by atoms with van der Waals surface area (Å²) in [6.07, 6.45) is -1.03. The third-order valence-corrected chi connectivity index (χ3v) is 3.99. The molecule has 0 aliphatic carbocycles. The molecule has 0 atom stereocenters. The van der Waals surface area contributed by atoms with Gasteiger partial charge in [-0.3, -0.25) is 0 Å². The first kappa shape index (κ1) is 15.1. The summed E-state index contributed by atoms with van der Waals surface area (Å²) in [5.41, 5.74) is -0.677. The lowest BCUT2D eigenvalue weighted by atomic mass is 9.80. The van der Waals surface area contributed by atoms with E-state index in [1.165, 1.54) is 12.3 Å². The molecule has 1 fully saturated rings. The Bertz CT molecular complexity index is 451. The predicted octanol–water partition coefficient (Wildman–Crippen LogP) is 3.24. The topological polar surface area (TPSA) is 28.2 Å². The quantitative estimate of drug-likeness (QED) is 0.925. The molecule has 3 nitrogen and oxygen atoms in total. The number of piperidine rings is 1. The zero-order valence-corrected chi connectivity index (χ0v) is 11.8. The highest BCUT2D eigenvalue weighted by Gasteiger charge is 2.35. The molecule has 0 radical (unpaired) electrons. The number of halogens is 3. The number of pyridine rings is 1. The monoisotopic (exact) mass is 287 g/mol. The first-order valence-electron chi connectivity index (χ1n) is 6.75. The van der Waals surface area contributed by atoms with Crippen LogP contribution in [-0.4, -0.2) is 36.6 Å². The lowest BCUT2D eigenvalue weighted by Gasteiger charge is -2.38. The Morgan fingerprint density at radius 3 is 2.60 bits per heavy atom. The maximum atomic E-state index is 12.9. The third kappa shape index (κ3) is 3.62. The van der Waals surface area contributed by atoms with Crippen molar-refractivity contribution >= 4 is 5.82 Å². The van der Waals surface area contributed by atoms with E-state index in [4.69, 9.17) is 0 Å². The molecule has 1 aromatic rings. The number of alkyl halides is 3. The van der Waals surface area contributed by atoms with Gasteiger partial charge in [0.25, 0.3) is 0 Å². The molecule has 112 valence electrons. The second kappa shape index (κ2) is 5.60. The maximum absolute atomic E-state index is 12.9. The first-order valence-corrected chi connectivity index (χ1v) is 6.75. The molecule has 1 saturated heterocycles. The van der Waals surface area contributed by atoms with E-state index in [0.717, 1.165) is 32.0 Å². The average Bonchev–Trinajstić information content (AvgIpc) is 2.40. The van der Waals surface area contributed by atoms with Crippen LogP contribution < -0.4 is 5.32 Å². The van der Waals surface area contributed by atoms with Crippen LogP contribution in [0.2, 0.25) is 0 Å². The van der Waals surface area contributed by atoms with Gasteiger partial charge < -0.3 is 10.2 Å². The van der Waals surface area contributed by atoms with E-state index in [-0.39, 0.29) is 11.2 Å². The van der Waals surface area contributed by atoms with Gasteiger partial charge in [-0.15, -0.1) is 0 Å². The highest BCUT2D eigenvalue weighted by molar-refractivity contribution is 5.45. The molecule has 1 N–H and O–H groups in total. The summed E-state index contributed by atoms with van der Waals surface area (Å²) >= 11 is 0. The Kier molecular flexibility index (Phi) is 4.22. The van der Waals surface area contributed by atoms with Crippen molar-refractivity contribution in [2.75, 3.05) is 32.0 Å². The van der Waals surface area contributed by atoms with E-state index in [1.807, 2.05) is 0 Å². The summed E-state index contributed by atoms with van der Waals surface area (Å²) in [5.74, 6) is -0.0693. The van der Waals surface area contributed by atoms with Crippen LogP contribution in [-0.2, 0) is 6.18 Å². The van der Waals surface area contributed by atoms with Crippen LogP contribution in [0.25, 0.3) is 0 Å². The summed E-state index contributed by atoms with van der Waals surface area (Å²) < 4.78 is 38.6.